The minimum Gasteiger partial charge on any atom is -0.474 e. The van der Waals surface area contributed by atoms with Crippen LogP contribution in [0.5, 0.6) is 0 Å². The number of thiazole rings is 1. The van der Waals surface area contributed by atoms with Crippen LogP contribution in [-0.4, -0.2) is 121 Å². The molecule has 1 unspecified atom stereocenters. The second-order valence-corrected chi connectivity index (χ2v) is 14.9. The van der Waals surface area contributed by atoms with E-state index in [9.17, 15) is 19.2 Å². The number of carbonyl (C=O) groups excluding carboxylic acids is 3. The minimum atomic E-state index is -0.951. The van der Waals surface area contributed by atoms with Crippen molar-refractivity contribution in [3.05, 3.63) is 22.8 Å². The van der Waals surface area contributed by atoms with Gasteiger partial charge in [0.25, 0.3) is 17.5 Å². The molecule has 4 N–H and O–H groups in total. The molecule has 7 aliphatic rings. The maximum absolute atomic E-state index is 12.8. The summed E-state index contributed by atoms with van der Waals surface area (Å²) in [4.78, 5) is 57.9. The molecule has 1 aromatic rings. The predicted molar refractivity (Wildman–Crippen MR) is 164 cm³/mol. The van der Waals surface area contributed by atoms with Gasteiger partial charge in [0, 0.05) is 35.1 Å². The summed E-state index contributed by atoms with van der Waals surface area (Å²) in [7, 11) is 1.36. The topological polar surface area (TPSA) is 167 Å². The number of fused-ring (bicyclic) bond motifs is 5. The van der Waals surface area contributed by atoms with Crippen molar-refractivity contribution in [3.8, 4) is 0 Å². The van der Waals surface area contributed by atoms with Crippen LogP contribution in [-0.2, 0) is 24.0 Å². The maximum atomic E-state index is 12.8. The molecule has 0 aliphatic carbocycles. The van der Waals surface area contributed by atoms with Crippen LogP contribution >= 0.6 is 34.9 Å². The van der Waals surface area contributed by atoms with E-state index in [1.165, 1.54) is 72.0 Å². The number of carbonyl (C=O) groups is 4. The van der Waals surface area contributed by atoms with Crippen LogP contribution in [0, 0.1) is 5.92 Å². The average molecular weight is 650 g/mol. The molecule has 5 saturated heterocycles. The van der Waals surface area contributed by atoms with Gasteiger partial charge in [-0.3, -0.25) is 9.59 Å². The van der Waals surface area contributed by atoms with E-state index in [2.05, 4.69) is 15.5 Å². The Hall–Kier alpha value is -2.95. The van der Waals surface area contributed by atoms with Gasteiger partial charge in [-0.2, -0.15) is 0 Å². The lowest BCUT2D eigenvalue weighted by atomic mass is 9.85. The molecule has 13 nitrogen and oxygen atoms in total. The summed E-state index contributed by atoms with van der Waals surface area (Å²) in [5, 5.41) is 17.3. The van der Waals surface area contributed by atoms with Gasteiger partial charge in [0.2, 0.25) is 5.37 Å². The zero-order valence-corrected chi connectivity index (χ0v) is 26.2. The lowest BCUT2D eigenvalue weighted by Gasteiger charge is -2.51. The van der Waals surface area contributed by atoms with Gasteiger partial charge in [-0.1, -0.05) is 16.9 Å². The number of anilines is 1. The Morgan fingerprint density at radius 1 is 1.26 bits per heavy atom. The first-order valence-electron chi connectivity index (χ1n) is 14.3. The smallest absolute Gasteiger partial charge is 0.396 e. The number of nitrogen functional groups attached to an aromatic ring is 1. The fourth-order valence-electron chi connectivity index (χ4n) is 6.62. The van der Waals surface area contributed by atoms with Gasteiger partial charge in [0.15, 0.2) is 10.8 Å². The molecule has 0 spiro atoms. The number of aliphatic carboxylic acids is 1. The number of amides is 3. The predicted octanol–water partition coefficient (Wildman–Crippen LogP) is 0.908. The molecule has 16 heteroatoms. The molecular weight excluding hydrogens is 615 g/mol. The van der Waals surface area contributed by atoms with E-state index in [0.717, 1.165) is 24.0 Å². The summed E-state index contributed by atoms with van der Waals surface area (Å²) >= 11 is 4.59. The molecular formula is C27H35N7O6S3+2. The second kappa shape index (κ2) is 12.2. The number of hydrogen-bond donors (Lipinski definition) is 3. The molecule has 230 valence electrons. The Kier molecular flexibility index (Phi) is 8.54. The Balaban J connectivity index is 0.000000229. The highest BCUT2D eigenvalue weighted by atomic mass is 32.2. The van der Waals surface area contributed by atoms with Crippen molar-refractivity contribution in [3.63, 3.8) is 0 Å². The molecule has 3 amide bonds. The molecule has 1 aromatic heterocycles. The van der Waals surface area contributed by atoms with Crippen LogP contribution in [0.15, 0.2) is 22.3 Å². The lowest BCUT2D eigenvalue weighted by molar-refractivity contribution is -0.938. The van der Waals surface area contributed by atoms with E-state index >= 15 is 0 Å². The second-order valence-electron chi connectivity index (χ2n) is 11.6. The van der Waals surface area contributed by atoms with Crippen molar-refractivity contribution in [2.24, 2.45) is 11.1 Å². The van der Waals surface area contributed by atoms with Crippen LogP contribution in [0.4, 0.5) is 5.13 Å². The molecule has 5 fully saturated rings. The highest BCUT2D eigenvalue weighted by Crippen LogP contribution is 2.39. The fraction of sp³-hybridized carbons (Fsp3) is 0.593. The fourth-order valence-corrected chi connectivity index (χ4v) is 9.66. The summed E-state index contributed by atoms with van der Waals surface area (Å²) in [6, 6.07) is -0.578. The molecule has 7 aliphatic heterocycles. The van der Waals surface area contributed by atoms with Gasteiger partial charge in [0.05, 0.1) is 19.6 Å². The third kappa shape index (κ3) is 5.93. The molecule has 8 rings (SSSR count). The number of carboxylic acid groups (broad SMARTS) is 1. The summed E-state index contributed by atoms with van der Waals surface area (Å²) < 4.78 is 2.60. The van der Waals surface area contributed by atoms with E-state index < -0.39 is 17.9 Å². The Morgan fingerprint density at radius 2 is 2.00 bits per heavy atom. The van der Waals surface area contributed by atoms with Gasteiger partial charge in [-0.05, 0) is 25.2 Å². The first-order valence-corrected chi connectivity index (χ1v) is 17.3. The van der Waals surface area contributed by atoms with Crippen molar-refractivity contribution in [2.45, 2.75) is 48.9 Å². The number of nitrogens with two attached hydrogens (primary N) is 1. The summed E-state index contributed by atoms with van der Waals surface area (Å²) in [6.45, 7) is 4.85. The zero-order valence-electron chi connectivity index (χ0n) is 23.8. The number of carboxylic acids is 1. The van der Waals surface area contributed by atoms with Crippen molar-refractivity contribution in [1.29, 1.82) is 0 Å². The highest BCUT2D eigenvalue weighted by Gasteiger charge is 2.51. The summed E-state index contributed by atoms with van der Waals surface area (Å²) in [5.74, 6) is 1.07. The first-order chi connectivity index (χ1) is 20.7. The SMILES string of the molecule is CO/N=C(\C(=O)NC1C(=O)N2C=C(C[N+]34CCC(CC3)CC4)CS[C@@H]12)c1csc(N)n1.O=C(O)C1=[N+]2C(=O)C[C@@H]2SCC1. The third-order valence-corrected chi connectivity index (χ3v) is 12.2. The van der Waals surface area contributed by atoms with Gasteiger partial charge >= 0.3 is 11.9 Å². The van der Waals surface area contributed by atoms with Gasteiger partial charge in [0.1, 0.15) is 37.2 Å². The van der Waals surface area contributed by atoms with E-state index in [0.29, 0.717) is 23.7 Å². The van der Waals surface area contributed by atoms with Gasteiger partial charge < -0.3 is 30.4 Å². The molecule has 3 atom stereocenters. The highest BCUT2D eigenvalue weighted by molar-refractivity contribution is 8.00. The van der Waals surface area contributed by atoms with Crippen LogP contribution < -0.4 is 11.1 Å². The molecule has 43 heavy (non-hydrogen) atoms. The Labute approximate surface area is 261 Å². The number of rotatable bonds is 7. The van der Waals surface area contributed by atoms with E-state index in [1.54, 1.807) is 33.8 Å². The van der Waals surface area contributed by atoms with Crippen LogP contribution in [0.25, 0.3) is 0 Å². The van der Waals surface area contributed by atoms with Crippen LogP contribution in [0.1, 0.15) is 37.8 Å². The molecule has 0 saturated carbocycles. The summed E-state index contributed by atoms with van der Waals surface area (Å²) in [5.41, 5.74) is 7.63. The lowest BCUT2D eigenvalue weighted by Crippen LogP contribution is -2.69. The van der Waals surface area contributed by atoms with Crippen molar-refractivity contribution < 1.29 is 38.2 Å². The van der Waals surface area contributed by atoms with Crippen molar-refractivity contribution >= 4 is 75.1 Å². The number of nitrogens with zero attached hydrogens (tertiary/aromatic N) is 5. The zero-order chi connectivity index (χ0) is 30.3. The van der Waals surface area contributed by atoms with Gasteiger partial charge in [-0.15, -0.1) is 27.7 Å². The van der Waals surface area contributed by atoms with Crippen LogP contribution in [0.2, 0.25) is 0 Å². The monoisotopic (exact) mass is 649 g/mol. The number of hydrogen-bond acceptors (Lipinski definition) is 11. The molecule has 0 radical (unpaired) electrons. The maximum Gasteiger partial charge on any atom is 0.396 e. The van der Waals surface area contributed by atoms with Crippen LogP contribution in [0.3, 0.4) is 0 Å². The average Bonchev–Trinajstić information content (AvgIpc) is 3.44. The standard InChI is InChI=1S/C20H26N6O3S2.C7H7NO3S/c1-29-24-15(14-11-31-20(21)22-14)17(27)23-16-18(28)25-8-13(10-30-19(16)25)9-26-5-2-12(3-6-26)4-7-26;9-5-3-6-8(5)4(7(10)11)1-2-12-6/h8,11-12,16,19H,2-7,9-10H2,1H3,(H2-,21,22,23,27);6H,1-3H2/p+2/b24-15-;/t12?,16?,19-,26?;6-/m00/s1. The number of oxime groups is 1. The van der Waals surface area contributed by atoms with Crippen molar-refractivity contribution in [2.75, 3.05) is 50.5 Å². The Morgan fingerprint density at radius 3 is 2.60 bits per heavy atom. The normalized spacial score (nSPS) is 31.0. The Bertz CT molecular complexity index is 1410. The van der Waals surface area contributed by atoms with Gasteiger partial charge in [-0.25, -0.2) is 14.6 Å². The van der Waals surface area contributed by atoms with E-state index in [4.69, 9.17) is 15.7 Å². The summed E-state index contributed by atoms with van der Waals surface area (Å²) in [6.07, 6.45) is 7.07. The first kappa shape index (κ1) is 30.1. The molecule has 8 heterocycles. The number of aromatic nitrogens is 1. The number of nitrogens with one attached hydrogen (secondary N) is 1. The number of quaternary nitrogens is 1. The quantitative estimate of drug-likeness (QED) is 0.127. The van der Waals surface area contributed by atoms with E-state index in [-0.39, 0.29) is 34.0 Å². The van der Waals surface area contributed by atoms with E-state index in [1.807, 2.05) is 6.20 Å². The number of β-lactam (4-membered cyclic amide) rings is 2. The molecule has 0 aromatic carbocycles. The molecule has 2 bridgehead atoms. The minimum absolute atomic E-state index is 0.0167. The largest absolute Gasteiger partial charge is 0.474 e. The number of piperidine rings is 3. The third-order valence-electron chi connectivity index (χ3n) is 8.96. The number of thioether (sulfide) groups is 2. The van der Waals surface area contributed by atoms with Crippen molar-refractivity contribution in [1.82, 2.24) is 15.2 Å².